The summed E-state index contributed by atoms with van der Waals surface area (Å²) < 4.78 is 0. The average molecular weight is 401 g/mol. The van der Waals surface area contributed by atoms with Crippen molar-refractivity contribution in [1.82, 2.24) is 0 Å². The van der Waals surface area contributed by atoms with E-state index < -0.39 is 4.92 Å². The fourth-order valence-corrected chi connectivity index (χ4v) is 3.81. The number of carbonyl (C=O) groups excluding carboxylic acids is 1. The van der Waals surface area contributed by atoms with E-state index in [0.29, 0.717) is 15.6 Å². The number of non-ortho nitro benzene ring substituents is 1. The van der Waals surface area contributed by atoms with Gasteiger partial charge in [0.2, 0.25) is 0 Å². The zero-order valence-electron chi connectivity index (χ0n) is 15.1. The number of hydrogen-bond donors (Lipinski definition) is 0. The zero-order valence-corrected chi connectivity index (χ0v) is 16.0. The number of amidine groups is 1. The summed E-state index contributed by atoms with van der Waals surface area (Å²) in [5, 5.41) is 11.4. The van der Waals surface area contributed by atoms with E-state index in [-0.39, 0.29) is 11.6 Å². The highest BCUT2D eigenvalue weighted by molar-refractivity contribution is 8.19. The Kier molecular flexibility index (Phi) is 5.22. The maximum atomic E-state index is 13.1. The molecule has 3 aromatic carbocycles. The van der Waals surface area contributed by atoms with E-state index in [9.17, 15) is 14.9 Å². The number of aliphatic imine (C=N–C) groups is 1. The van der Waals surface area contributed by atoms with Gasteiger partial charge in [0.1, 0.15) is 0 Å². The Labute approximate surface area is 171 Å². The van der Waals surface area contributed by atoms with Gasteiger partial charge in [-0.1, -0.05) is 36.4 Å². The molecule has 0 unspecified atom stereocenters. The fraction of sp³-hybridized carbons (Fsp3) is 0. The maximum Gasteiger partial charge on any atom is 0.271 e. The van der Waals surface area contributed by atoms with E-state index in [2.05, 4.69) is 4.99 Å². The van der Waals surface area contributed by atoms with Crippen LogP contribution in [0.25, 0.3) is 6.08 Å². The molecule has 7 heteroatoms. The largest absolute Gasteiger partial charge is 0.271 e. The van der Waals surface area contributed by atoms with Crippen LogP contribution in [-0.4, -0.2) is 16.0 Å². The summed E-state index contributed by atoms with van der Waals surface area (Å²) in [6.45, 7) is 0. The van der Waals surface area contributed by atoms with Gasteiger partial charge >= 0.3 is 0 Å². The van der Waals surface area contributed by atoms with E-state index in [1.165, 1.54) is 23.9 Å². The highest BCUT2D eigenvalue weighted by atomic mass is 32.2. The zero-order chi connectivity index (χ0) is 20.2. The molecule has 1 amide bonds. The van der Waals surface area contributed by atoms with Crippen molar-refractivity contribution in [2.45, 2.75) is 0 Å². The lowest BCUT2D eigenvalue weighted by Gasteiger charge is -2.15. The molecule has 1 heterocycles. The third-order valence-electron chi connectivity index (χ3n) is 4.20. The minimum Gasteiger partial charge on any atom is -0.268 e. The SMILES string of the molecule is O=C1/C(=C\c2ccc([N+](=O)[O-])cc2)SC(=Nc2ccccc2)N1c1ccccc1. The molecule has 3 aromatic rings. The first kappa shape index (κ1) is 18.6. The van der Waals surface area contributed by atoms with E-state index in [1.54, 1.807) is 23.1 Å². The van der Waals surface area contributed by atoms with Crippen molar-refractivity contribution >= 4 is 46.0 Å². The number of anilines is 1. The summed E-state index contributed by atoms with van der Waals surface area (Å²) in [4.78, 5) is 30.2. The number of nitro benzene ring substituents is 1. The molecule has 0 radical (unpaired) electrons. The molecule has 0 atom stereocenters. The van der Waals surface area contributed by atoms with Crippen LogP contribution in [0.2, 0.25) is 0 Å². The van der Waals surface area contributed by atoms with Gasteiger partial charge in [-0.25, -0.2) is 4.99 Å². The molecule has 0 spiro atoms. The molecule has 1 saturated heterocycles. The standard InChI is InChI=1S/C22H15N3O3S/c26-21-20(15-16-11-13-19(14-12-16)25(27)28)29-22(23-17-7-3-1-4-8-17)24(21)18-9-5-2-6-10-18/h1-15H/b20-15+,23-22?. The van der Waals surface area contributed by atoms with Crippen LogP contribution in [-0.2, 0) is 4.79 Å². The molecule has 0 bridgehead atoms. The number of hydrogen-bond acceptors (Lipinski definition) is 5. The number of amides is 1. The van der Waals surface area contributed by atoms with Crippen molar-refractivity contribution in [1.29, 1.82) is 0 Å². The highest BCUT2D eigenvalue weighted by Crippen LogP contribution is 2.37. The van der Waals surface area contributed by atoms with Crippen molar-refractivity contribution < 1.29 is 9.72 Å². The van der Waals surface area contributed by atoms with Crippen molar-refractivity contribution in [2.24, 2.45) is 4.99 Å². The van der Waals surface area contributed by atoms with Gasteiger partial charge in [0.05, 0.1) is 21.2 Å². The van der Waals surface area contributed by atoms with Crippen LogP contribution in [0.5, 0.6) is 0 Å². The first-order chi connectivity index (χ1) is 14.1. The molecule has 0 aromatic heterocycles. The van der Waals surface area contributed by atoms with Crippen molar-refractivity contribution in [3.63, 3.8) is 0 Å². The topological polar surface area (TPSA) is 75.8 Å². The Hall–Kier alpha value is -3.71. The van der Waals surface area contributed by atoms with E-state index in [1.807, 2.05) is 60.7 Å². The summed E-state index contributed by atoms with van der Waals surface area (Å²) >= 11 is 1.28. The predicted molar refractivity (Wildman–Crippen MR) is 116 cm³/mol. The molecular formula is C22H15N3O3S. The van der Waals surface area contributed by atoms with Gasteiger partial charge in [0, 0.05) is 12.1 Å². The Morgan fingerprint density at radius 1 is 0.897 bits per heavy atom. The quantitative estimate of drug-likeness (QED) is 0.333. The van der Waals surface area contributed by atoms with Crippen molar-refractivity contribution in [2.75, 3.05) is 4.90 Å². The summed E-state index contributed by atoms with van der Waals surface area (Å²) in [5.41, 5.74) is 2.20. The van der Waals surface area contributed by atoms with Gasteiger partial charge in [-0.3, -0.25) is 19.8 Å². The molecule has 0 N–H and O–H groups in total. The van der Waals surface area contributed by atoms with Gasteiger partial charge in [-0.05, 0) is 59.8 Å². The first-order valence-corrected chi connectivity index (χ1v) is 9.61. The Balaban J connectivity index is 1.72. The molecule has 1 aliphatic rings. The van der Waals surface area contributed by atoms with E-state index in [4.69, 9.17) is 0 Å². The summed E-state index contributed by atoms with van der Waals surface area (Å²) in [5.74, 6) is -0.186. The smallest absolute Gasteiger partial charge is 0.268 e. The van der Waals surface area contributed by atoms with Crippen LogP contribution in [0.4, 0.5) is 17.1 Å². The normalized spacial score (nSPS) is 16.6. The van der Waals surface area contributed by atoms with Crippen molar-refractivity contribution in [3.8, 4) is 0 Å². The number of nitrogens with zero attached hydrogens (tertiary/aromatic N) is 3. The lowest BCUT2D eigenvalue weighted by Crippen LogP contribution is -2.28. The second-order valence-electron chi connectivity index (χ2n) is 6.17. The highest BCUT2D eigenvalue weighted by Gasteiger charge is 2.34. The van der Waals surface area contributed by atoms with Crippen LogP contribution in [0.15, 0.2) is 94.8 Å². The third kappa shape index (κ3) is 4.09. The number of carbonyl (C=O) groups is 1. The molecule has 4 rings (SSSR count). The fourth-order valence-electron chi connectivity index (χ4n) is 2.81. The second kappa shape index (κ2) is 8.12. The minimum absolute atomic E-state index is 0.00907. The number of benzene rings is 3. The van der Waals surface area contributed by atoms with Crippen LogP contribution < -0.4 is 4.90 Å². The van der Waals surface area contributed by atoms with Gasteiger partial charge < -0.3 is 0 Å². The first-order valence-electron chi connectivity index (χ1n) is 8.79. The third-order valence-corrected chi connectivity index (χ3v) is 5.17. The lowest BCUT2D eigenvalue weighted by atomic mass is 10.2. The van der Waals surface area contributed by atoms with Crippen LogP contribution in [0.1, 0.15) is 5.56 Å². The number of para-hydroxylation sites is 2. The van der Waals surface area contributed by atoms with Gasteiger partial charge in [0.25, 0.3) is 11.6 Å². The van der Waals surface area contributed by atoms with Crippen LogP contribution in [0.3, 0.4) is 0 Å². The Morgan fingerprint density at radius 2 is 1.52 bits per heavy atom. The summed E-state index contributed by atoms with van der Waals surface area (Å²) in [6, 6.07) is 24.9. The molecule has 0 saturated carbocycles. The Bertz CT molecular complexity index is 1110. The van der Waals surface area contributed by atoms with Crippen molar-refractivity contribution in [3.05, 3.63) is 106 Å². The molecule has 142 valence electrons. The van der Waals surface area contributed by atoms with Gasteiger partial charge in [0.15, 0.2) is 5.17 Å². The number of rotatable bonds is 4. The van der Waals surface area contributed by atoms with Crippen LogP contribution >= 0.6 is 11.8 Å². The van der Waals surface area contributed by atoms with Gasteiger partial charge in [-0.2, -0.15) is 0 Å². The number of nitro groups is 1. The summed E-state index contributed by atoms with van der Waals surface area (Å²) in [7, 11) is 0. The Morgan fingerprint density at radius 3 is 2.14 bits per heavy atom. The van der Waals surface area contributed by atoms with Crippen LogP contribution in [0, 0.1) is 10.1 Å². The minimum atomic E-state index is -0.450. The molecule has 1 aliphatic heterocycles. The maximum absolute atomic E-state index is 13.1. The number of thioether (sulfide) groups is 1. The molecular weight excluding hydrogens is 386 g/mol. The monoisotopic (exact) mass is 401 g/mol. The molecule has 29 heavy (non-hydrogen) atoms. The van der Waals surface area contributed by atoms with E-state index >= 15 is 0 Å². The summed E-state index contributed by atoms with van der Waals surface area (Å²) in [6.07, 6.45) is 1.72. The average Bonchev–Trinajstić information content (AvgIpc) is 3.04. The molecule has 6 nitrogen and oxygen atoms in total. The van der Waals surface area contributed by atoms with Gasteiger partial charge in [-0.15, -0.1) is 0 Å². The lowest BCUT2D eigenvalue weighted by molar-refractivity contribution is -0.384. The molecule has 0 aliphatic carbocycles. The molecule has 1 fully saturated rings. The second-order valence-corrected chi connectivity index (χ2v) is 7.17. The predicted octanol–water partition coefficient (Wildman–Crippen LogP) is 5.40. The van der Waals surface area contributed by atoms with E-state index in [0.717, 1.165) is 11.4 Å².